The van der Waals surface area contributed by atoms with Gasteiger partial charge in [0, 0.05) is 20.1 Å². The van der Waals surface area contributed by atoms with Crippen LogP contribution in [-0.2, 0) is 19.3 Å². The van der Waals surface area contributed by atoms with E-state index in [1.165, 1.54) is 13.4 Å². The largest absolute Gasteiger partial charge is 0.457 e. The first-order chi connectivity index (χ1) is 18.3. The third-order valence-corrected chi connectivity index (χ3v) is 7.53. The van der Waals surface area contributed by atoms with E-state index in [0.717, 1.165) is 29.9 Å². The summed E-state index contributed by atoms with van der Waals surface area (Å²) in [6, 6.07) is 17.0. The minimum absolute atomic E-state index is 0.160. The van der Waals surface area contributed by atoms with Gasteiger partial charge in [0.05, 0.1) is 17.7 Å². The SMILES string of the molecule is CNS(=O)(=O)OCC(=O)N1CCC[C@@H](N2N=C(c3ccc(Oc4ccccc4)cc3)C3C2=NC=NC3N)C1. The van der Waals surface area contributed by atoms with Crippen molar-refractivity contribution in [3.63, 3.8) is 0 Å². The number of likely N-dealkylation sites (tertiary alicyclic amines) is 1. The van der Waals surface area contributed by atoms with Crippen LogP contribution in [0.4, 0.5) is 0 Å². The quantitative estimate of drug-likeness (QED) is 0.513. The third kappa shape index (κ3) is 5.60. The Labute approximate surface area is 221 Å². The van der Waals surface area contributed by atoms with Gasteiger partial charge in [-0.2, -0.15) is 18.2 Å². The number of amidine groups is 1. The maximum absolute atomic E-state index is 12.7. The summed E-state index contributed by atoms with van der Waals surface area (Å²) in [5.74, 6) is 1.37. The van der Waals surface area contributed by atoms with Gasteiger partial charge in [0.15, 0.2) is 0 Å². The number of hydrogen-bond acceptors (Lipinski definition) is 10. The van der Waals surface area contributed by atoms with Crippen LogP contribution >= 0.6 is 0 Å². The predicted molar refractivity (Wildman–Crippen MR) is 142 cm³/mol. The van der Waals surface area contributed by atoms with Crippen molar-refractivity contribution in [2.45, 2.75) is 25.0 Å². The van der Waals surface area contributed by atoms with E-state index < -0.39 is 29.0 Å². The molecule has 0 aliphatic carbocycles. The van der Waals surface area contributed by atoms with Gasteiger partial charge in [0.25, 0.3) is 0 Å². The summed E-state index contributed by atoms with van der Waals surface area (Å²) in [4.78, 5) is 23.1. The molecule has 3 aliphatic heterocycles. The Morgan fingerprint density at radius 1 is 1.13 bits per heavy atom. The van der Waals surface area contributed by atoms with Crippen molar-refractivity contribution in [1.29, 1.82) is 0 Å². The zero-order chi connectivity index (χ0) is 26.7. The standard InChI is InChI=1S/C25H29N7O5S/c1-27-38(34,35)36-15-21(33)31-13-5-6-18(14-31)32-25-22(24(26)28-16-29-25)23(30-32)17-9-11-20(12-10-17)37-19-7-3-2-4-8-19/h2-4,7-12,16,18,22,24,27H,5-6,13-15,26H2,1H3/t18-,22?,24?/m1/s1. The van der Waals surface area contributed by atoms with Crippen LogP contribution in [0.1, 0.15) is 18.4 Å². The van der Waals surface area contributed by atoms with E-state index in [-0.39, 0.29) is 12.0 Å². The van der Waals surface area contributed by atoms with Crippen LogP contribution in [0.3, 0.4) is 0 Å². The highest BCUT2D eigenvalue weighted by Gasteiger charge is 2.43. The molecule has 0 spiro atoms. The van der Waals surface area contributed by atoms with Crippen LogP contribution in [-0.4, -0.2) is 81.1 Å². The summed E-state index contributed by atoms with van der Waals surface area (Å²) < 4.78 is 35.8. The lowest BCUT2D eigenvalue weighted by Gasteiger charge is -2.37. The normalized spacial score (nSPS) is 23.1. The Bertz CT molecular complexity index is 1360. The summed E-state index contributed by atoms with van der Waals surface area (Å²) in [6.45, 7) is 0.284. The highest BCUT2D eigenvalue weighted by atomic mass is 32.2. The molecule has 1 fully saturated rings. The number of nitrogens with zero attached hydrogens (tertiary/aromatic N) is 5. The second-order valence-electron chi connectivity index (χ2n) is 9.05. The molecular weight excluding hydrogens is 510 g/mol. The topological polar surface area (TPSA) is 151 Å². The molecule has 0 bridgehead atoms. The minimum Gasteiger partial charge on any atom is -0.457 e. The smallest absolute Gasteiger partial charge is 0.336 e. The molecule has 13 heteroatoms. The summed E-state index contributed by atoms with van der Waals surface area (Å²) in [5, 5.41) is 6.76. The number of ether oxygens (including phenoxy) is 1. The van der Waals surface area contributed by atoms with Crippen LogP contribution in [0, 0.1) is 5.92 Å². The number of piperidine rings is 1. The number of carbonyl (C=O) groups excluding carboxylic acids is 1. The number of rotatable bonds is 8. The van der Waals surface area contributed by atoms with Crippen molar-refractivity contribution in [3.8, 4) is 11.5 Å². The van der Waals surface area contributed by atoms with Crippen molar-refractivity contribution >= 4 is 34.1 Å². The van der Waals surface area contributed by atoms with Crippen LogP contribution in [0.25, 0.3) is 0 Å². The maximum Gasteiger partial charge on any atom is 0.336 e. The number of amides is 1. The van der Waals surface area contributed by atoms with Gasteiger partial charge in [0.1, 0.15) is 36.4 Å². The number of fused-ring (bicyclic) bond motifs is 1. The molecule has 0 saturated carbocycles. The number of para-hydroxylation sites is 1. The van der Waals surface area contributed by atoms with Gasteiger partial charge in [-0.15, -0.1) is 0 Å². The predicted octanol–water partition coefficient (Wildman–Crippen LogP) is 1.31. The third-order valence-electron chi connectivity index (χ3n) is 6.60. The van der Waals surface area contributed by atoms with Gasteiger partial charge in [-0.25, -0.2) is 14.2 Å². The molecule has 2 aromatic rings. The van der Waals surface area contributed by atoms with E-state index in [0.29, 0.717) is 24.7 Å². The number of nitrogens with two attached hydrogens (primary N) is 1. The van der Waals surface area contributed by atoms with E-state index >= 15 is 0 Å². The molecule has 12 nitrogen and oxygen atoms in total. The molecule has 200 valence electrons. The molecule has 5 rings (SSSR count). The molecule has 3 atom stereocenters. The number of hydrazone groups is 1. The summed E-state index contributed by atoms with van der Waals surface area (Å²) in [7, 11) is -2.73. The van der Waals surface area contributed by atoms with E-state index in [4.69, 9.17) is 19.8 Å². The lowest BCUT2D eigenvalue weighted by Crippen LogP contribution is -2.52. The Hall–Kier alpha value is -3.65. The molecule has 1 amide bonds. The fraction of sp³-hybridized carbons (Fsp3) is 0.360. The van der Waals surface area contributed by atoms with E-state index in [2.05, 4.69) is 9.98 Å². The second kappa shape index (κ2) is 11.0. The number of hydrogen-bond donors (Lipinski definition) is 2. The van der Waals surface area contributed by atoms with Crippen LogP contribution in [0.5, 0.6) is 11.5 Å². The fourth-order valence-corrected chi connectivity index (χ4v) is 5.06. The van der Waals surface area contributed by atoms with Crippen LogP contribution < -0.4 is 15.2 Å². The molecule has 0 aromatic heterocycles. The average Bonchev–Trinajstić information content (AvgIpc) is 3.34. The second-order valence-corrected chi connectivity index (χ2v) is 10.6. The van der Waals surface area contributed by atoms with E-state index in [1.54, 1.807) is 4.90 Å². The highest BCUT2D eigenvalue weighted by Crippen LogP contribution is 2.31. The van der Waals surface area contributed by atoms with E-state index in [9.17, 15) is 13.2 Å². The van der Waals surface area contributed by atoms with Crippen molar-refractivity contribution in [3.05, 3.63) is 60.2 Å². The van der Waals surface area contributed by atoms with Gasteiger partial charge in [-0.05, 0) is 54.8 Å². The fourth-order valence-electron chi connectivity index (χ4n) is 4.69. The van der Waals surface area contributed by atoms with Crippen molar-refractivity contribution < 1.29 is 22.1 Å². The summed E-state index contributed by atoms with van der Waals surface area (Å²) in [5.41, 5.74) is 8.00. The number of benzene rings is 2. The zero-order valence-electron chi connectivity index (χ0n) is 20.8. The van der Waals surface area contributed by atoms with Gasteiger partial charge >= 0.3 is 10.3 Å². The Morgan fingerprint density at radius 2 is 1.87 bits per heavy atom. The molecule has 3 aliphatic rings. The molecule has 0 radical (unpaired) electrons. The maximum atomic E-state index is 12.7. The van der Waals surface area contributed by atoms with Crippen molar-refractivity contribution in [2.75, 3.05) is 26.7 Å². The first-order valence-corrected chi connectivity index (χ1v) is 13.7. The highest BCUT2D eigenvalue weighted by molar-refractivity contribution is 7.84. The Balaban J connectivity index is 1.34. The van der Waals surface area contributed by atoms with Gasteiger partial charge < -0.3 is 15.4 Å². The lowest BCUT2D eigenvalue weighted by molar-refractivity contribution is -0.135. The van der Waals surface area contributed by atoms with Crippen molar-refractivity contribution in [1.82, 2.24) is 14.6 Å². The average molecular weight is 540 g/mol. The lowest BCUT2D eigenvalue weighted by atomic mass is 9.93. The molecular formula is C25H29N7O5S. The molecule has 38 heavy (non-hydrogen) atoms. The monoisotopic (exact) mass is 539 g/mol. The first kappa shape index (κ1) is 26.0. The van der Waals surface area contributed by atoms with Gasteiger partial charge in [-0.3, -0.25) is 9.79 Å². The number of nitrogens with one attached hydrogen (secondary N) is 1. The van der Waals surface area contributed by atoms with Crippen LogP contribution in [0.2, 0.25) is 0 Å². The van der Waals surface area contributed by atoms with Gasteiger partial charge in [-0.1, -0.05) is 18.2 Å². The summed E-state index contributed by atoms with van der Waals surface area (Å²) >= 11 is 0. The molecule has 2 aromatic carbocycles. The Morgan fingerprint density at radius 3 is 2.61 bits per heavy atom. The Kier molecular flexibility index (Phi) is 7.51. The van der Waals surface area contributed by atoms with E-state index in [1.807, 2.05) is 64.3 Å². The molecule has 3 heterocycles. The minimum atomic E-state index is -3.95. The molecule has 2 unspecified atom stereocenters. The molecule has 3 N–H and O–H groups in total. The van der Waals surface area contributed by atoms with Crippen LogP contribution in [0.15, 0.2) is 69.7 Å². The van der Waals surface area contributed by atoms with Crippen molar-refractivity contribution in [2.24, 2.45) is 26.7 Å². The van der Waals surface area contributed by atoms with Gasteiger partial charge in [0.2, 0.25) is 5.91 Å². The zero-order valence-corrected chi connectivity index (χ0v) is 21.6. The molecule has 1 saturated heterocycles. The first-order valence-electron chi connectivity index (χ1n) is 12.3. The summed E-state index contributed by atoms with van der Waals surface area (Å²) in [6.07, 6.45) is 2.40. The number of carbonyl (C=O) groups is 1. The number of aliphatic imine (C=N–C) groups is 2.